The van der Waals surface area contributed by atoms with Crippen molar-refractivity contribution in [2.45, 2.75) is 4.90 Å². The highest BCUT2D eigenvalue weighted by molar-refractivity contribution is 7.92. The summed E-state index contributed by atoms with van der Waals surface area (Å²) in [7, 11) is -4.21. The maximum absolute atomic E-state index is 13.9. The van der Waals surface area contributed by atoms with E-state index in [9.17, 15) is 17.6 Å². The predicted molar refractivity (Wildman–Crippen MR) is 111 cm³/mol. The van der Waals surface area contributed by atoms with Crippen LogP contribution in [0.15, 0.2) is 78.0 Å². The Kier molecular flexibility index (Phi) is 6.26. The van der Waals surface area contributed by atoms with Gasteiger partial charge in [-0.25, -0.2) is 12.8 Å². The van der Waals surface area contributed by atoms with Gasteiger partial charge >= 0.3 is 0 Å². The number of anilines is 2. The number of hydrogen-bond acceptors (Lipinski definition) is 4. The Labute approximate surface area is 172 Å². The number of rotatable bonds is 6. The van der Waals surface area contributed by atoms with Gasteiger partial charge in [-0.15, -0.1) is 0 Å². The highest BCUT2D eigenvalue weighted by Crippen LogP contribution is 2.28. The number of pyridine rings is 1. The molecule has 148 valence electrons. The lowest BCUT2D eigenvalue weighted by Crippen LogP contribution is -2.17. The molecule has 0 aliphatic rings. The quantitative estimate of drug-likeness (QED) is 0.569. The number of nitrogens with zero attached hydrogens (tertiary/aromatic N) is 1. The molecule has 9 heteroatoms. The number of carbonyl (C=O) groups is 1. The fourth-order valence-corrected chi connectivity index (χ4v) is 3.72. The number of nitrogens with one attached hydrogen (secondary N) is 2. The second-order valence-electron chi connectivity index (χ2n) is 5.83. The molecule has 0 spiro atoms. The molecule has 29 heavy (non-hydrogen) atoms. The standard InChI is InChI=1S/C20H15ClFN3O3S/c21-15-6-7-17(25-29(27,28)19-4-2-1-3-16(19)22)18(13-15)24-20(26)8-5-14-9-11-23-12-10-14/h1-13,25H,(H,24,26)/b8-5+. The van der Waals surface area contributed by atoms with E-state index in [1.54, 1.807) is 30.6 Å². The van der Waals surface area contributed by atoms with E-state index in [2.05, 4.69) is 15.0 Å². The third kappa shape index (κ3) is 5.40. The van der Waals surface area contributed by atoms with Gasteiger partial charge in [0, 0.05) is 23.5 Å². The van der Waals surface area contributed by atoms with Crippen LogP contribution in [0.25, 0.3) is 6.08 Å². The number of carbonyl (C=O) groups excluding carboxylic acids is 1. The van der Waals surface area contributed by atoms with Crippen molar-refractivity contribution in [2.24, 2.45) is 0 Å². The van der Waals surface area contributed by atoms with Crippen molar-refractivity contribution >= 4 is 45.0 Å². The molecule has 3 aromatic rings. The molecular weight excluding hydrogens is 417 g/mol. The fourth-order valence-electron chi connectivity index (χ4n) is 2.39. The number of halogens is 2. The molecule has 0 fully saturated rings. The van der Waals surface area contributed by atoms with Crippen LogP contribution < -0.4 is 10.0 Å². The van der Waals surface area contributed by atoms with Gasteiger partial charge in [0.2, 0.25) is 5.91 Å². The van der Waals surface area contributed by atoms with E-state index in [4.69, 9.17) is 11.6 Å². The normalized spacial score (nSPS) is 11.4. The minimum atomic E-state index is -4.21. The maximum Gasteiger partial charge on any atom is 0.264 e. The lowest BCUT2D eigenvalue weighted by molar-refractivity contribution is -0.111. The Morgan fingerprint density at radius 1 is 1.03 bits per heavy atom. The van der Waals surface area contributed by atoms with Crippen molar-refractivity contribution in [2.75, 3.05) is 10.0 Å². The number of hydrogen-bond donors (Lipinski definition) is 2. The predicted octanol–water partition coefficient (Wildman–Crippen LogP) is 4.33. The average Bonchev–Trinajstić information content (AvgIpc) is 2.69. The van der Waals surface area contributed by atoms with Crippen LogP contribution in [0, 0.1) is 5.82 Å². The highest BCUT2D eigenvalue weighted by Gasteiger charge is 2.20. The summed E-state index contributed by atoms with van der Waals surface area (Å²) in [5.74, 6) is -1.39. The third-order valence-corrected chi connectivity index (χ3v) is 5.38. The number of aromatic nitrogens is 1. The van der Waals surface area contributed by atoms with Gasteiger partial charge in [0.25, 0.3) is 10.0 Å². The first-order valence-corrected chi connectivity index (χ1v) is 10.2. The fraction of sp³-hybridized carbons (Fsp3) is 0. The smallest absolute Gasteiger partial charge is 0.264 e. The number of amides is 1. The first kappa shape index (κ1) is 20.5. The molecule has 0 unspecified atom stereocenters. The van der Waals surface area contributed by atoms with Gasteiger partial charge in [-0.05, 0) is 54.1 Å². The molecule has 1 heterocycles. The van der Waals surface area contributed by atoms with E-state index in [1.165, 1.54) is 36.4 Å². The molecule has 3 rings (SSSR count). The van der Waals surface area contributed by atoms with Gasteiger partial charge in [-0.2, -0.15) is 0 Å². The molecule has 1 amide bonds. The molecule has 0 aliphatic heterocycles. The SMILES string of the molecule is O=C(/C=C/c1ccncc1)Nc1cc(Cl)ccc1NS(=O)(=O)c1ccccc1F. The Hall–Kier alpha value is -3.23. The van der Waals surface area contributed by atoms with Crippen LogP contribution in [0.5, 0.6) is 0 Å². The van der Waals surface area contributed by atoms with Crippen LogP contribution in [-0.4, -0.2) is 19.3 Å². The Bertz CT molecular complexity index is 1170. The van der Waals surface area contributed by atoms with E-state index in [0.717, 1.165) is 17.7 Å². The largest absolute Gasteiger partial charge is 0.321 e. The summed E-state index contributed by atoms with van der Waals surface area (Å²) in [5.41, 5.74) is 0.937. The number of benzene rings is 2. The Morgan fingerprint density at radius 3 is 2.48 bits per heavy atom. The van der Waals surface area contributed by atoms with Gasteiger partial charge in [0.15, 0.2) is 0 Å². The summed E-state index contributed by atoms with van der Waals surface area (Å²) in [6.45, 7) is 0. The molecule has 0 bridgehead atoms. The van der Waals surface area contributed by atoms with Crippen molar-refractivity contribution < 1.29 is 17.6 Å². The second kappa shape index (κ2) is 8.85. The molecule has 0 saturated carbocycles. The summed E-state index contributed by atoms with van der Waals surface area (Å²) in [4.78, 5) is 15.6. The topological polar surface area (TPSA) is 88.2 Å². The van der Waals surface area contributed by atoms with Gasteiger partial charge in [0.1, 0.15) is 10.7 Å². The van der Waals surface area contributed by atoms with E-state index >= 15 is 0 Å². The molecule has 2 N–H and O–H groups in total. The summed E-state index contributed by atoms with van der Waals surface area (Å²) < 4.78 is 41.3. The van der Waals surface area contributed by atoms with Crippen molar-refractivity contribution in [1.82, 2.24) is 4.98 Å². The van der Waals surface area contributed by atoms with Crippen molar-refractivity contribution in [3.8, 4) is 0 Å². The zero-order chi connectivity index (χ0) is 20.9. The zero-order valence-electron chi connectivity index (χ0n) is 14.8. The van der Waals surface area contributed by atoms with Crippen molar-refractivity contribution in [3.05, 3.63) is 89.5 Å². The molecular formula is C20H15ClFN3O3S. The summed E-state index contributed by atoms with van der Waals surface area (Å²) in [6.07, 6.45) is 6.03. The van der Waals surface area contributed by atoms with Gasteiger partial charge in [-0.3, -0.25) is 14.5 Å². The molecule has 1 aromatic heterocycles. The van der Waals surface area contributed by atoms with Crippen LogP contribution >= 0.6 is 11.6 Å². The second-order valence-corrected chi connectivity index (χ2v) is 7.92. The van der Waals surface area contributed by atoms with Crippen LogP contribution in [0.4, 0.5) is 15.8 Å². The minimum Gasteiger partial charge on any atom is -0.321 e. The lowest BCUT2D eigenvalue weighted by Gasteiger charge is -2.14. The zero-order valence-corrected chi connectivity index (χ0v) is 16.4. The first-order valence-electron chi connectivity index (χ1n) is 8.31. The molecule has 0 saturated heterocycles. The van der Waals surface area contributed by atoms with E-state index in [0.29, 0.717) is 0 Å². The molecule has 0 radical (unpaired) electrons. The van der Waals surface area contributed by atoms with Crippen LogP contribution in [0.3, 0.4) is 0 Å². The molecule has 0 aliphatic carbocycles. The van der Waals surface area contributed by atoms with Crippen LogP contribution in [0.1, 0.15) is 5.56 Å². The summed E-state index contributed by atoms with van der Waals surface area (Å²) in [5, 5.41) is 2.85. The van der Waals surface area contributed by atoms with E-state index in [-0.39, 0.29) is 16.4 Å². The Morgan fingerprint density at radius 2 is 1.76 bits per heavy atom. The maximum atomic E-state index is 13.9. The van der Waals surface area contributed by atoms with Crippen LogP contribution in [0.2, 0.25) is 5.02 Å². The molecule has 0 atom stereocenters. The lowest BCUT2D eigenvalue weighted by atomic mass is 10.2. The minimum absolute atomic E-state index is 0.0447. The molecule has 2 aromatic carbocycles. The van der Waals surface area contributed by atoms with Gasteiger partial charge in [-0.1, -0.05) is 23.7 Å². The van der Waals surface area contributed by atoms with E-state index in [1.807, 2.05) is 0 Å². The molecule has 6 nitrogen and oxygen atoms in total. The van der Waals surface area contributed by atoms with Crippen molar-refractivity contribution in [1.29, 1.82) is 0 Å². The van der Waals surface area contributed by atoms with Crippen LogP contribution in [-0.2, 0) is 14.8 Å². The van der Waals surface area contributed by atoms with Crippen molar-refractivity contribution in [3.63, 3.8) is 0 Å². The summed E-state index contributed by atoms with van der Waals surface area (Å²) in [6, 6.07) is 12.6. The average molecular weight is 432 g/mol. The number of sulfonamides is 1. The highest BCUT2D eigenvalue weighted by atomic mass is 35.5. The summed E-state index contributed by atoms with van der Waals surface area (Å²) >= 11 is 5.97. The van der Waals surface area contributed by atoms with Gasteiger partial charge < -0.3 is 5.32 Å². The van der Waals surface area contributed by atoms with Gasteiger partial charge in [0.05, 0.1) is 11.4 Å². The van der Waals surface area contributed by atoms with E-state index < -0.39 is 26.6 Å². The first-order chi connectivity index (χ1) is 13.8. The Balaban J connectivity index is 1.84. The third-order valence-electron chi connectivity index (χ3n) is 3.74. The monoisotopic (exact) mass is 431 g/mol.